The quantitative estimate of drug-likeness (QED) is 0.687. The van der Waals surface area contributed by atoms with Gasteiger partial charge in [0, 0.05) is 27.2 Å². The van der Waals surface area contributed by atoms with Gasteiger partial charge in [0.05, 0.1) is 12.8 Å². The number of rotatable bonds is 8. The van der Waals surface area contributed by atoms with Gasteiger partial charge >= 0.3 is 0 Å². The number of unbranched alkanes of at least 4 members (excludes halogenated alkanes) is 1. The van der Waals surface area contributed by atoms with E-state index in [2.05, 4.69) is 32.3 Å². The van der Waals surface area contributed by atoms with E-state index in [9.17, 15) is 0 Å². The average molecular weight is 239 g/mol. The standard InChI is InChI=1S/C11H21N5O/c1-4-5-7-16(2)10-9-13-15-11(14-10)12-6-8-17-3/h9H,4-8H2,1-3H3,(H,12,14,15). The normalized spacial score (nSPS) is 10.3. The molecule has 1 aromatic rings. The molecule has 0 aromatic carbocycles. The molecule has 96 valence electrons. The van der Waals surface area contributed by atoms with E-state index in [1.54, 1.807) is 13.3 Å². The maximum absolute atomic E-state index is 4.95. The second-order valence-corrected chi connectivity index (χ2v) is 3.83. The smallest absolute Gasteiger partial charge is 0.244 e. The first-order valence-corrected chi connectivity index (χ1v) is 5.91. The number of hydrogen-bond acceptors (Lipinski definition) is 6. The van der Waals surface area contributed by atoms with E-state index in [-0.39, 0.29) is 0 Å². The Kier molecular flexibility index (Phi) is 6.24. The lowest BCUT2D eigenvalue weighted by molar-refractivity contribution is 0.210. The van der Waals surface area contributed by atoms with Crippen LogP contribution in [0.2, 0.25) is 0 Å². The molecule has 0 bridgehead atoms. The van der Waals surface area contributed by atoms with Crippen LogP contribution in [-0.2, 0) is 4.74 Å². The second-order valence-electron chi connectivity index (χ2n) is 3.83. The van der Waals surface area contributed by atoms with Crippen LogP contribution in [0.1, 0.15) is 19.8 Å². The summed E-state index contributed by atoms with van der Waals surface area (Å²) in [5.74, 6) is 1.39. The van der Waals surface area contributed by atoms with Crippen molar-refractivity contribution in [1.82, 2.24) is 15.2 Å². The van der Waals surface area contributed by atoms with E-state index in [1.807, 2.05) is 7.05 Å². The first kappa shape index (κ1) is 13.6. The van der Waals surface area contributed by atoms with Gasteiger partial charge in [-0.05, 0) is 6.42 Å². The Morgan fingerprint density at radius 2 is 2.29 bits per heavy atom. The van der Waals surface area contributed by atoms with E-state index in [4.69, 9.17) is 4.74 Å². The topological polar surface area (TPSA) is 63.2 Å². The largest absolute Gasteiger partial charge is 0.383 e. The van der Waals surface area contributed by atoms with E-state index >= 15 is 0 Å². The van der Waals surface area contributed by atoms with Gasteiger partial charge in [-0.25, -0.2) is 0 Å². The molecule has 1 aromatic heterocycles. The summed E-state index contributed by atoms with van der Waals surface area (Å²) >= 11 is 0. The molecule has 6 nitrogen and oxygen atoms in total. The Morgan fingerprint density at radius 1 is 1.47 bits per heavy atom. The molecule has 0 radical (unpaired) electrons. The van der Waals surface area contributed by atoms with Crippen molar-refractivity contribution >= 4 is 11.8 Å². The van der Waals surface area contributed by atoms with Crippen LogP contribution in [0.5, 0.6) is 0 Å². The highest BCUT2D eigenvalue weighted by molar-refractivity contribution is 5.39. The summed E-state index contributed by atoms with van der Waals surface area (Å²) < 4.78 is 4.95. The minimum absolute atomic E-state index is 0.544. The molecule has 1 N–H and O–H groups in total. The molecule has 6 heteroatoms. The monoisotopic (exact) mass is 239 g/mol. The van der Waals surface area contributed by atoms with Gasteiger partial charge < -0.3 is 15.0 Å². The molecular formula is C11H21N5O. The molecule has 0 aliphatic rings. The lowest BCUT2D eigenvalue weighted by Gasteiger charge is -2.17. The van der Waals surface area contributed by atoms with Crippen molar-refractivity contribution in [3.8, 4) is 0 Å². The van der Waals surface area contributed by atoms with Gasteiger partial charge in [0.15, 0.2) is 5.82 Å². The second kappa shape index (κ2) is 7.78. The molecule has 0 spiro atoms. The Morgan fingerprint density at radius 3 is 3.00 bits per heavy atom. The van der Waals surface area contributed by atoms with Gasteiger partial charge in [0.2, 0.25) is 5.95 Å². The number of nitrogens with one attached hydrogen (secondary N) is 1. The van der Waals surface area contributed by atoms with Crippen molar-refractivity contribution in [3.05, 3.63) is 6.20 Å². The molecule has 17 heavy (non-hydrogen) atoms. The minimum Gasteiger partial charge on any atom is -0.383 e. The number of nitrogens with zero attached hydrogens (tertiary/aromatic N) is 4. The van der Waals surface area contributed by atoms with Crippen molar-refractivity contribution in [3.63, 3.8) is 0 Å². The average Bonchev–Trinajstić information content (AvgIpc) is 2.36. The van der Waals surface area contributed by atoms with E-state index in [0.717, 1.165) is 18.8 Å². The van der Waals surface area contributed by atoms with Crippen LogP contribution >= 0.6 is 0 Å². The lowest BCUT2D eigenvalue weighted by atomic mass is 10.3. The summed E-state index contributed by atoms with van der Waals surface area (Å²) in [5.41, 5.74) is 0. The third kappa shape index (κ3) is 4.95. The van der Waals surface area contributed by atoms with Gasteiger partial charge in [0.25, 0.3) is 0 Å². The maximum Gasteiger partial charge on any atom is 0.244 e. The van der Waals surface area contributed by atoms with Gasteiger partial charge in [-0.2, -0.15) is 10.1 Å². The first-order valence-electron chi connectivity index (χ1n) is 5.91. The number of anilines is 2. The van der Waals surface area contributed by atoms with Gasteiger partial charge in [-0.3, -0.25) is 0 Å². The summed E-state index contributed by atoms with van der Waals surface area (Å²) in [4.78, 5) is 6.47. The van der Waals surface area contributed by atoms with Crippen LogP contribution in [0.25, 0.3) is 0 Å². The fourth-order valence-corrected chi connectivity index (χ4v) is 1.33. The molecular weight excluding hydrogens is 218 g/mol. The molecule has 0 fully saturated rings. The molecule has 1 rings (SSSR count). The number of ether oxygens (including phenoxy) is 1. The lowest BCUT2D eigenvalue weighted by Crippen LogP contribution is -2.21. The molecule has 0 saturated carbocycles. The highest BCUT2D eigenvalue weighted by atomic mass is 16.5. The Balaban J connectivity index is 2.52. The predicted octanol–water partition coefficient (Wildman–Crippen LogP) is 1.17. The SMILES string of the molecule is CCCCN(C)c1cnnc(NCCOC)n1. The van der Waals surface area contributed by atoms with Crippen molar-refractivity contribution in [2.24, 2.45) is 0 Å². The zero-order chi connectivity index (χ0) is 12.5. The maximum atomic E-state index is 4.95. The molecule has 0 atom stereocenters. The Bertz CT molecular complexity index is 320. The molecule has 0 saturated heterocycles. The molecule has 0 amide bonds. The predicted molar refractivity (Wildman–Crippen MR) is 68.4 cm³/mol. The van der Waals surface area contributed by atoms with Gasteiger partial charge in [-0.15, -0.1) is 5.10 Å². The zero-order valence-corrected chi connectivity index (χ0v) is 10.8. The van der Waals surface area contributed by atoms with Crippen molar-refractivity contribution in [1.29, 1.82) is 0 Å². The van der Waals surface area contributed by atoms with Crippen LogP contribution in [-0.4, -0.2) is 49.0 Å². The van der Waals surface area contributed by atoms with E-state index in [0.29, 0.717) is 19.1 Å². The third-order valence-corrected chi connectivity index (χ3v) is 2.37. The fraction of sp³-hybridized carbons (Fsp3) is 0.727. The zero-order valence-electron chi connectivity index (χ0n) is 10.8. The van der Waals surface area contributed by atoms with Crippen LogP contribution in [0.15, 0.2) is 6.20 Å². The third-order valence-electron chi connectivity index (χ3n) is 2.37. The van der Waals surface area contributed by atoms with Crippen molar-refractivity contribution < 1.29 is 4.74 Å². The van der Waals surface area contributed by atoms with Gasteiger partial charge in [0.1, 0.15) is 0 Å². The summed E-state index contributed by atoms with van der Waals surface area (Å²) in [7, 11) is 3.67. The van der Waals surface area contributed by atoms with Crippen LogP contribution in [0.4, 0.5) is 11.8 Å². The Labute approximate surface area is 102 Å². The minimum atomic E-state index is 0.544. The summed E-state index contributed by atoms with van der Waals surface area (Å²) in [5, 5.41) is 10.9. The molecule has 1 heterocycles. The van der Waals surface area contributed by atoms with Crippen LogP contribution < -0.4 is 10.2 Å². The number of hydrogen-bond donors (Lipinski definition) is 1. The van der Waals surface area contributed by atoms with Crippen LogP contribution in [0.3, 0.4) is 0 Å². The molecule has 0 unspecified atom stereocenters. The van der Waals surface area contributed by atoms with Crippen molar-refractivity contribution in [2.45, 2.75) is 19.8 Å². The fourth-order valence-electron chi connectivity index (χ4n) is 1.33. The molecule has 0 aliphatic carbocycles. The van der Waals surface area contributed by atoms with Gasteiger partial charge in [-0.1, -0.05) is 13.3 Å². The Hall–Kier alpha value is -1.43. The summed E-state index contributed by atoms with van der Waals surface area (Å²) in [6.45, 7) is 4.45. The summed E-state index contributed by atoms with van der Waals surface area (Å²) in [6, 6.07) is 0. The van der Waals surface area contributed by atoms with Crippen molar-refractivity contribution in [2.75, 3.05) is 44.1 Å². The highest BCUT2D eigenvalue weighted by Crippen LogP contribution is 2.09. The van der Waals surface area contributed by atoms with E-state index in [1.165, 1.54) is 6.42 Å². The number of methoxy groups -OCH3 is 1. The first-order chi connectivity index (χ1) is 8.27. The van der Waals surface area contributed by atoms with Crippen LogP contribution in [0, 0.1) is 0 Å². The highest BCUT2D eigenvalue weighted by Gasteiger charge is 2.04. The summed E-state index contributed by atoms with van der Waals surface area (Å²) in [6.07, 6.45) is 3.99. The molecule has 0 aliphatic heterocycles. The van der Waals surface area contributed by atoms with E-state index < -0.39 is 0 Å². The number of aromatic nitrogens is 3.